The Kier molecular flexibility index (Phi) is 4.77. The molecule has 0 radical (unpaired) electrons. The molecule has 2 N–H and O–H groups in total. The first kappa shape index (κ1) is 15.5. The van der Waals surface area contributed by atoms with E-state index in [1.54, 1.807) is 0 Å². The molecule has 0 spiro atoms. The normalized spacial score (nSPS) is 25.5. The van der Waals surface area contributed by atoms with Crippen molar-refractivity contribution in [3.05, 3.63) is 5.82 Å². The zero-order valence-corrected chi connectivity index (χ0v) is 14.0. The lowest BCUT2D eigenvalue weighted by Gasteiger charge is -2.35. The molecule has 8 heteroatoms. The maximum atomic E-state index is 12.3. The van der Waals surface area contributed by atoms with Gasteiger partial charge < -0.3 is 20.4 Å². The Morgan fingerprint density at radius 1 is 1.41 bits per heavy atom. The summed E-state index contributed by atoms with van der Waals surface area (Å²) in [6, 6.07) is 0.673. The second-order valence-electron chi connectivity index (χ2n) is 5.91. The standard InChI is InChI=1S/C14H24N6OS/c1-3-12-17-14(22-18-12)20-8-6-19(7-9-20)13(21)16-11-4-5-15-10(11)2/h10-11,15H,3-9H2,1-2H3,(H,16,21)/t10-,11+/m1/s1. The van der Waals surface area contributed by atoms with E-state index >= 15 is 0 Å². The number of anilines is 1. The SMILES string of the molecule is CCc1nsc(N2CCN(C(=O)N[C@H]3CCN[C@@H]3C)CC2)n1. The summed E-state index contributed by atoms with van der Waals surface area (Å²) < 4.78 is 4.33. The van der Waals surface area contributed by atoms with Crippen LogP contribution in [-0.4, -0.2) is 65.1 Å². The number of piperazine rings is 1. The molecule has 1 aromatic heterocycles. The van der Waals surface area contributed by atoms with E-state index in [9.17, 15) is 4.79 Å². The molecule has 0 aliphatic carbocycles. The van der Waals surface area contributed by atoms with Crippen LogP contribution in [0, 0.1) is 0 Å². The summed E-state index contributed by atoms with van der Waals surface area (Å²) in [6.07, 6.45) is 1.88. The molecule has 0 unspecified atom stereocenters. The van der Waals surface area contributed by atoms with E-state index in [-0.39, 0.29) is 12.1 Å². The molecule has 2 aliphatic rings. The summed E-state index contributed by atoms with van der Waals surface area (Å²) in [5.41, 5.74) is 0. The first-order valence-electron chi connectivity index (χ1n) is 8.03. The van der Waals surface area contributed by atoms with Crippen LogP contribution >= 0.6 is 11.5 Å². The highest BCUT2D eigenvalue weighted by atomic mass is 32.1. The van der Waals surface area contributed by atoms with Crippen molar-refractivity contribution in [2.75, 3.05) is 37.6 Å². The molecular formula is C14H24N6OS. The Balaban J connectivity index is 1.49. The summed E-state index contributed by atoms with van der Waals surface area (Å²) in [5.74, 6) is 0.905. The molecule has 7 nitrogen and oxygen atoms in total. The molecule has 2 atom stereocenters. The Hall–Kier alpha value is -1.41. The zero-order chi connectivity index (χ0) is 15.5. The van der Waals surface area contributed by atoms with Crippen molar-refractivity contribution in [2.24, 2.45) is 0 Å². The summed E-state index contributed by atoms with van der Waals surface area (Å²) >= 11 is 1.45. The molecule has 0 aromatic carbocycles. The van der Waals surface area contributed by atoms with Crippen LogP contribution < -0.4 is 15.5 Å². The third kappa shape index (κ3) is 3.33. The smallest absolute Gasteiger partial charge is 0.317 e. The van der Waals surface area contributed by atoms with Crippen molar-refractivity contribution in [2.45, 2.75) is 38.8 Å². The van der Waals surface area contributed by atoms with Crippen LogP contribution in [0.5, 0.6) is 0 Å². The topological polar surface area (TPSA) is 73.4 Å². The van der Waals surface area contributed by atoms with Gasteiger partial charge in [-0.2, -0.15) is 4.37 Å². The average molecular weight is 324 g/mol. The minimum absolute atomic E-state index is 0.0618. The van der Waals surface area contributed by atoms with Gasteiger partial charge in [-0.25, -0.2) is 9.78 Å². The van der Waals surface area contributed by atoms with Gasteiger partial charge in [0.15, 0.2) is 0 Å². The second kappa shape index (κ2) is 6.78. The lowest BCUT2D eigenvalue weighted by atomic mass is 10.1. The van der Waals surface area contributed by atoms with Crippen molar-refractivity contribution < 1.29 is 4.79 Å². The van der Waals surface area contributed by atoms with Crippen molar-refractivity contribution in [3.63, 3.8) is 0 Å². The zero-order valence-electron chi connectivity index (χ0n) is 13.2. The van der Waals surface area contributed by atoms with Crippen LogP contribution in [-0.2, 0) is 6.42 Å². The van der Waals surface area contributed by atoms with E-state index in [1.165, 1.54) is 11.5 Å². The first-order valence-corrected chi connectivity index (χ1v) is 8.81. The van der Waals surface area contributed by atoms with Gasteiger partial charge in [0.2, 0.25) is 5.13 Å². The van der Waals surface area contributed by atoms with Crippen molar-refractivity contribution in [3.8, 4) is 0 Å². The number of aryl methyl sites for hydroxylation is 1. The van der Waals surface area contributed by atoms with Crippen LogP contribution in [0.1, 0.15) is 26.1 Å². The van der Waals surface area contributed by atoms with E-state index in [1.807, 2.05) is 4.90 Å². The predicted octanol–water partition coefficient (Wildman–Crippen LogP) is 0.683. The summed E-state index contributed by atoms with van der Waals surface area (Å²) in [6.45, 7) is 8.29. The van der Waals surface area contributed by atoms with Gasteiger partial charge in [0.05, 0.1) is 0 Å². The molecular weight excluding hydrogens is 300 g/mol. The number of aromatic nitrogens is 2. The molecule has 2 aliphatic heterocycles. The predicted molar refractivity (Wildman–Crippen MR) is 87.5 cm³/mol. The molecule has 0 bridgehead atoms. The summed E-state index contributed by atoms with van der Waals surface area (Å²) in [4.78, 5) is 21.0. The van der Waals surface area contributed by atoms with Gasteiger partial charge >= 0.3 is 6.03 Å². The van der Waals surface area contributed by atoms with Crippen molar-refractivity contribution >= 4 is 22.7 Å². The number of carbonyl (C=O) groups excluding carboxylic acids is 1. The highest BCUT2D eigenvalue weighted by Crippen LogP contribution is 2.19. The van der Waals surface area contributed by atoms with E-state index in [0.29, 0.717) is 6.04 Å². The van der Waals surface area contributed by atoms with E-state index < -0.39 is 0 Å². The minimum atomic E-state index is 0.0618. The average Bonchev–Trinajstić information content (AvgIpc) is 3.17. The van der Waals surface area contributed by atoms with Gasteiger partial charge in [0, 0.05) is 56.2 Å². The number of rotatable bonds is 3. The minimum Gasteiger partial charge on any atom is -0.343 e. The molecule has 122 valence electrons. The third-order valence-corrected chi connectivity index (χ3v) is 5.26. The fraction of sp³-hybridized carbons (Fsp3) is 0.786. The van der Waals surface area contributed by atoms with Crippen LogP contribution in [0.4, 0.5) is 9.93 Å². The second-order valence-corrected chi connectivity index (χ2v) is 6.64. The Bertz CT molecular complexity index is 513. The van der Waals surface area contributed by atoms with Crippen molar-refractivity contribution in [1.82, 2.24) is 24.9 Å². The fourth-order valence-corrected chi connectivity index (χ4v) is 3.72. The van der Waals surface area contributed by atoms with Crippen LogP contribution in [0.25, 0.3) is 0 Å². The molecule has 3 rings (SSSR count). The van der Waals surface area contributed by atoms with E-state index in [0.717, 1.165) is 56.5 Å². The third-order valence-electron chi connectivity index (χ3n) is 4.45. The number of hydrogen-bond acceptors (Lipinski definition) is 6. The largest absolute Gasteiger partial charge is 0.343 e. The lowest BCUT2D eigenvalue weighted by molar-refractivity contribution is 0.189. The van der Waals surface area contributed by atoms with Gasteiger partial charge in [-0.3, -0.25) is 0 Å². The van der Waals surface area contributed by atoms with Crippen molar-refractivity contribution in [1.29, 1.82) is 0 Å². The number of carbonyl (C=O) groups is 1. The van der Waals surface area contributed by atoms with Gasteiger partial charge in [0.1, 0.15) is 5.82 Å². The molecule has 1 aromatic rings. The summed E-state index contributed by atoms with van der Waals surface area (Å²) in [5, 5.41) is 7.48. The fourth-order valence-electron chi connectivity index (χ4n) is 2.92. The highest BCUT2D eigenvalue weighted by molar-refractivity contribution is 7.09. The Morgan fingerprint density at radius 2 is 2.18 bits per heavy atom. The van der Waals surface area contributed by atoms with Crippen LogP contribution in [0.15, 0.2) is 0 Å². The number of hydrogen-bond donors (Lipinski definition) is 2. The first-order chi connectivity index (χ1) is 10.7. The molecule has 2 saturated heterocycles. The highest BCUT2D eigenvalue weighted by Gasteiger charge is 2.28. The Morgan fingerprint density at radius 3 is 2.77 bits per heavy atom. The van der Waals surface area contributed by atoms with Crippen LogP contribution in [0.3, 0.4) is 0 Å². The number of amides is 2. The quantitative estimate of drug-likeness (QED) is 0.855. The monoisotopic (exact) mass is 324 g/mol. The van der Waals surface area contributed by atoms with E-state index in [4.69, 9.17) is 0 Å². The number of nitrogens with zero attached hydrogens (tertiary/aromatic N) is 4. The maximum absolute atomic E-state index is 12.3. The van der Waals surface area contributed by atoms with E-state index in [2.05, 4.69) is 38.7 Å². The van der Waals surface area contributed by atoms with Gasteiger partial charge in [-0.1, -0.05) is 6.92 Å². The van der Waals surface area contributed by atoms with Gasteiger partial charge in [-0.05, 0) is 19.9 Å². The maximum Gasteiger partial charge on any atom is 0.317 e. The molecule has 2 fully saturated rings. The molecule has 3 heterocycles. The molecule has 22 heavy (non-hydrogen) atoms. The summed E-state index contributed by atoms with van der Waals surface area (Å²) in [7, 11) is 0. The number of urea groups is 1. The lowest BCUT2D eigenvalue weighted by Crippen LogP contribution is -2.54. The molecule has 2 amide bonds. The Labute approximate surface area is 135 Å². The van der Waals surface area contributed by atoms with Gasteiger partial charge in [-0.15, -0.1) is 0 Å². The molecule has 0 saturated carbocycles. The number of nitrogens with one attached hydrogen (secondary N) is 2. The van der Waals surface area contributed by atoms with Crippen LogP contribution in [0.2, 0.25) is 0 Å². The van der Waals surface area contributed by atoms with Gasteiger partial charge in [0.25, 0.3) is 0 Å².